The zero-order valence-corrected chi connectivity index (χ0v) is 10.9. The highest BCUT2D eigenvalue weighted by molar-refractivity contribution is 7.98. The van der Waals surface area contributed by atoms with Crippen LogP contribution >= 0.6 is 23.4 Å². The second-order valence-corrected chi connectivity index (χ2v) is 4.68. The lowest BCUT2D eigenvalue weighted by Gasteiger charge is -2.16. The van der Waals surface area contributed by atoms with E-state index in [9.17, 15) is 0 Å². The summed E-state index contributed by atoms with van der Waals surface area (Å²) < 4.78 is 0. The maximum absolute atomic E-state index is 8.81. The van der Waals surface area contributed by atoms with Gasteiger partial charge in [-0.15, -0.1) is 0 Å². The lowest BCUT2D eigenvalue weighted by molar-refractivity contribution is 0.770. The first-order chi connectivity index (χ1) is 7.69. The molecule has 0 radical (unpaired) electrons. The molecule has 0 bridgehead atoms. The molecule has 0 saturated heterocycles. The summed E-state index contributed by atoms with van der Waals surface area (Å²) >= 11 is 7.60. The number of rotatable bonds is 5. The number of hydrogen-bond donors (Lipinski definition) is 1. The molecular weight excluding hydrogens is 242 g/mol. The minimum Gasteiger partial charge on any atom is -0.366 e. The normalized spacial score (nSPS) is 11.9. The number of halogens is 1. The van der Waals surface area contributed by atoms with Gasteiger partial charge in [-0.05, 0) is 24.8 Å². The molecule has 86 valence electrons. The first-order valence-electron chi connectivity index (χ1n) is 5.02. The van der Waals surface area contributed by atoms with E-state index in [4.69, 9.17) is 16.9 Å². The van der Waals surface area contributed by atoms with Crippen molar-refractivity contribution in [2.75, 3.05) is 17.3 Å². The monoisotopic (exact) mass is 255 g/mol. The van der Waals surface area contributed by atoms with Crippen molar-refractivity contribution in [2.24, 2.45) is 0 Å². The van der Waals surface area contributed by atoms with Crippen molar-refractivity contribution in [2.45, 2.75) is 19.4 Å². The largest absolute Gasteiger partial charge is 0.366 e. The van der Waals surface area contributed by atoms with Crippen LogP contribution in [0, 0.1) is 11.3 Å². The van der Waals surface area contributed by atoms with Gasteiger partial charge in [-0.2, -0.15) is 17.0 Å². The maximum atomic E-state index is 8.81. The van der Waals surface area contributed by atoms with Crippen molar-refractivity contribution in [1.29, 1.82) is 5.26 Å². The van der Waals surface area contributed by atoms with Crippen LogP contribution in [0.2, 0.25) is 5.15 Å². The first-order valence-corrected chi connectivity index (χ1v) is 6.80. The minimum absolute atomic E-state index is 0.348. The summed E-state index contributed by atoms with van der Waals surface area (Å²) in [5.41, 5.74) is 0.529. The lowest BCUT2D eigenvalue weighted by atomic mass is 10.2. The van der Waals surface area contributed by atoms with E-state index >= 15 is 0 Å². The molecule has 0 fully saturated rings. The smallest absolute Gasteiger partial charge is 0.132 e. The molecule has 1 aromatic heterocycles. The van der Waals surface area contributed by atoms with Crippen LogP contribution < -0.4 is 5.32 Å². The molecule has 0 saturated carbocycles. The number of thioether (sulfide) groups is 1. The third kappa shape index (κ3) is 3.92. The van der Waals surface area contributed by atoms with Gasteiger partial charge in [0.25, 0.3) is 0 Å². The topological polar surface area (TPSA) is 48.7 Å². The molecule has 0 aliphatic rings. The summed E-state index contributed by atoms with van der Waals surface area (Å²) in [6, 6.07) is 5.69. The fourth-order valence-corrected chi connectivity index (χ4v) is 2.24. The summed E-state index contributed by atoms with van der Waals surface area (Å²) in [7, 11) is 0. The van der Waals surface area contributed by atoms with Gasteiger partial charge in [0.1, 0.15) is 11.0 Å². The highest BCUT2D eigenvalue weighted by Crippen LogP contribution is 2.16. The summed E-state index contributed by atoms with van der Waals surface area (Å²) in [5.74, 6) is 1.68. The SMILES string of the molecule is CCC(CSC)Nc1cc(C#N)cc(Cl)n1. The van der Waals surface area contributed by atoms with Gasteiger partial charge in [0.15, 0.2) is 0 Å². The van der Waals surface area contributed by atoms with Gasteiger partial charge in [-0.1, -0.05) is 18.5 Å². The van der Waals surface area contributed by atoms with Crippen LogP contribution in [0.1, 0.15) is 18.9 Å². The van der Waals surface area contributed by atoms with Crippen molar-refractivity contribution in [3.05, 3.63) is 22.8 Å². The van der Waals surface area contributed by atoms with E-state index in [2.05, 4.69) is 29.5 Å². The number of anilines is 1. The van der Waals surface area contributed by atoms with E-state index in [0.29, 0.717) is 22.6 Å². The summed E-state index contributed by atoms with van der Waals surface area (Å²) in [6.45, 7) is 2.11. The molecule has 1 heterocycles. The molecule has 3 nitrogen and oxygen atoms in total. The molecule has 1 N–H and O–H groups in total. The van der Waals surface area contributed by atoms with Crippen molar-refractivity contribution in [3.8, 4) is 6.07 Å². The Hall–Kier alpha value is -0.920. The van der Waals surface area contributed by atoms with Crippen LogP contribution in [0.25, 0.3) is 0 Å². The predicted octanol–water partition coefficient (Wildman–Crippen LogP) is 3.16. The van der Waals surface area contributed by atoms with Crippen LogP contribution in [0.15, 0.2) is 12.1 Å². The van der Waals surface area contributed by atoms with E-state index in [-0.39, 0.29) is 0 Å². The Bertz CT molecular complexity index is 389. The zero-order chi connectivity index (χ0) is 12.0. The molecule has 0 aliphatic carbocycles. The molecule has 1 unspecified atom stereocenters. The van der Waals surface area contributed by atoms with Crippen molar-refractivity contribution in [3.63, 3.8) is 0 Å². The number of hydrogen-bond acceptors (Lipinski definition) is 4. The molecule has 1 aromatic rings. The number of aromatic nitrogens is 1. The average molecular weight is 256 g/mol. The molecule has 5 heteroatoms. The second kappa shape index (κ2) is 6.62. The van der Waals surface area contributed by atoms with Crippen LogP contribution in [-0.2, 0) is 0 Å². The van der Waals surface area contributed by atoms with Crippen LogP contribution in [0.3, 0.4) is 0 Å². The van der Waals surface area contributed by atoms with Crippen molar-refractivity contribution >= 4 is 29.2 Å². The van der Waals surface area contributed by atoms with Crippen LogP contribution in [0.5, 0.6) is 0 Å². The Morgan fingerprint density at radius 3 is 2.94 bits per heavy atom. The van der Waals surface area contributed by atoms with Gasteiger partial charge in [-0.25, -0.2) is 4.98 Å². The second-order valence-electron chi connectivity index (χ2n) is 3.38. The molecule has 0 aliphatic heterocycles. The fourth-order valence-electron chi connectivity index (χ4n) is 1.31. The van der Waals surface area contributed by atoms with Crippen molar-refractivity contribution < 1.29 is 0 Å². The Balaban J connectivity index is 2.80. The predicted molar refractivity (Wildman–Crippen MR) is 70.0 cm³/mol. The van der Waals surface area contributed by atoms with Gasteiger partial charge >= 0.3 is 0 Å². The summed E-state index contributed by atoms with van der Waals surface area (Å²) in [5, 5.41) is 12.4. The third-order valence-corrected chi connectivity index (χ3v) is 3.07. The molecule has 0 spiro atoms. The Labute approximate surface area is 105 Å². The van der Waals surface area contributed by atoms with Gasteiger partial charge in [0.05, 0.1) is 11.6 Å². The molecule has 1 atom stereocenters. The molecular formula is C11H14ClN3S. The van der Waals surface area contributed by atoms with E-state index in [1.807, 2.05) is 0 Å². The Morgan fingerprint density at radius 1 is 1.62 bits per heavy atom. The number of nitriles is 1. The Kier molecular flexibility index (Phi) is 5.44. The molecule has 16 heavy (non-hydrogen) atoms. The summed E-state index contributed by atoms with van der Waals surface area (Å²) in [4.78, 5) is 4.15. The Morgan fingerprint density at radius 2 is 2.38 bits per heavy atom. The molecule has 0 aromatic carbocycles. The highest BCUT2D eigenvalue weighted by Gasteiger charge is 2.07. The van der Waals surface area contributed by atoms with Gasteiger partial charge < -0.3 is 5.32 Å². The number of nitrogens with one attached hydrogen (secondary N) is 1. The number of pyridine rings is 1. The van der Waals surface area contributed by atoms with E-state index in [1.54, 1.807) is 23.9 Å². The quantitative estimate of drug-likeness (QED) is 0.821. The average Bonchev–Trinajstić information content (AvgIpc) is 2.27. The lowest BCUT2D eigenvalue weighted by Crippen LogP contribution is -2.21. The van der Waals surface area contributed by atoms with E-state index in [1.165, 1.54) is 0 Å². The van der Waals surface area contributed by atoms with Crippen molar-refractivity contribution in [1.82, 2.24) is 4.98 Å². The highest BCUT2D eigenvalue weighted by atomic mass is 35.5. The van der Waals surface area contributed by atoms with E-state index in [0.717, 1.165) is 12.2 Å². The van der Waals surface area contributed by atoms with Crippen LogP contribution in [0.4, 0.5) is 5.82 Å². The summed E-state index contributed by atoms with van der Waals surface area (Å²) in [6.07, 6.45) is 3.08. The zero-order valence-electron chi connectivity index (χ0n) is 9.33. The number of nitrogens with zero attached hydrogens (tertiary/aromatic N) is 2. The first kappa shape index (κ1) is 13.1. The molecule has 0 amide bonds. The maximum Gasteiger partial charge on any atom is 0.132 e. The molecule has 1 rings (SSSR count). The minimum atomic E-state index is 0.348. The van der Waals surface area contributed by atoms with E-state index < -0.39 is 0 Å². The standard InChI is InChI=1S/C11H14ClN3S/c1-3-9(7-16-2)14-11-5-8(6-13)4-10(12)15-11/h4-5,9H,3,7H2,1-2H3,(H,14,15). The van der Waals surface area contributed by atoms with Gasteiger partial charge in [0.2, 0.25) is 0 Å². The van der Waals surface area contributed by atoms with Gasteiger partial charge in [0, 0.05) is 11.8 Å². The van der Waals surface area contributed by atoms with Gasteiger partial charge in [-0.3, -0.25) is 0 Å². The third-order valence-electron chi connectivity index (χ3n) is 2.14. The van der Waals surface area contributed by atoms with Crippen LogP contribution in [-0.4, -0.2) is 23.0 Å². The fraction of sp³-hybridized carbons (Fsp3) is 0.455.